The first kappa shape index (κ1) is 25.4. The van der Waals surface area contributed by atoms with Crippen molar-refractivity contribution in [3.05, 3.63) is 107 Å². The summed E-state index contributed by atoms with van der Waals surface area (Å²) in [6.07, 6.45) is 1.47. The van der Waals surface area contributed by atoms with Gasteiger partial charge in [-0.25, -0.2) is 9.82 Å². The highest BCUT2D eigenvalue weighted by Gasteiger charge is 2.11. The molecule has 4 aromatic rings. The van der Waals surface area contributed by atoms with Gasteiger partial charge in [-0.1, -0.05) is 54.6 Å². The molecule has 2 amide bonds. The van der Waals surface area contributed by atoms with Crippen LogP contribution >= 0.6 is 0 Å². The molecule has 0 saturated heterocycles. The lowest BCUT2D eigenvalue weighted by molar-refractivity contribution is -0.120. The molecule has 0 aliphatic carbocycles. The Morgan fingerprint density at radius 2 is 1.73 bits per heavy atom. The summed E-state index contributed by atoms with van der Waals surface area (Å²) in [5.74, 6) is -0.473. The largest absolute Gasteiger partial charge is 0.493 e. The molecule has 4 aromatic carbocycles. The Balaban J connectivity index is 1.28. The van der Waals surface area contributed by atoms with E-state index in [2.05, 4.69) is 34.0 Å². The minimum absolute atomic E-state index is 0.0121. The molecule has 7 nitrogen and oxygen atoms in total. The van der Waals surface area contributed by atoms with Gasteiger partial charge in [0.1, 0.15) is 12.4 Å². The van der Waals surface area contributed by atoms with Gasteiger partial charge in [-0.15, -0.1) is 0 Å². The summed E-state index contributed by atoms with van der Waals surface area (Å²) in [6.45, 7) is 0.430. The molecular weight excluding hydrogens is 473 g/mol. The van der Waals surface area contributed by atoms with Crippen LogP contribution in [0.15, 0.2) is 90.0 Å². The van der Waals surface area contributed by atoms with Crippen LogP contribution in [0.5, 0.6) is 11.5 Å². The molecule has 8 heteroatoms. The highest BCUT2D eigenvalue weighted by Crippen LogP contribution is 2.29. The SMILES string of the molecule is COc1cc(C=NNC(=O)CCNC(=O)c2ccccc2F)ccc1OCc1cccc2ccccc12. The van der Waals surface area contributed by atoms with E-state index in [1.807, 2.05) is 24.3 Å². The summed E-state index contributed by atoms with van der Waals surface area (Å²) in [7, 11) is 1.55. The Hall–Kier alpha value is -4.72. The number of nitrogens with zero attached hydrogens (tertiary/aromatic N) is 1. The third-order valence-electron chi connectivity index (χ3n) is 5.61. The molecule has 4 rings (SSSR count). The number of hydrogen-bond donors (Lipinski definition) is 2. The molecule has 37 heavy (non-hydrogen) atoms. The van der Waals surface area contributed by atoms with Crippen LogP contribution in [0.25, 0.3) is 10.8 Å². The van der Waals surface area contributed by atoms with Crippen molar-refractivity contribution in [2.24, 2.45) is 5.10 Å². The van der Waals surface area contributed by atoms with Crippen LogP contribution in [-0.4, -0.2) is 31.7 Å². The second-order valence-electron chi connectivity index (χ2n) is 8.12. The normalized spacial score (nSPS) is 10.9. The zero-order valence-electron chi connectivity index (χ0n) is 20.2. The Kier molecular flexibility index (Phi) is 8.44. The highest BCUT2D eigenvalue weighted by molar-refractivity contribution is 5.94. The van der Waals surface area contributed by atoms with Crippen molar-refractivity contribution < 1.29 is 23.5 Å². The molecule has 0 radical (unpaired) electrons. The number of benzene rings is 4. The van der Waals surface area contributed by atoms with Gasteiger partial charge in [-0.2, -0.15) is 5.10 Å². The van der Waals surface area contributed by atoms with Crippen LogP contribution in [0.3, 0.4) is 0 Å². The number of ether oxygens (including phenoxy) is 2. The number of halogens is 1. The van der Waals surface area contributed by atoms with Crippen LogP contribution in [0, 0.1) is 5.82 Å². The summed E-state index contributed by atoms with van der Waals surface area (Å²) in [5.41, 5.74) is 4.10. The predicted molar refractivity (Wildman–Crippen MR) is 140 cm³/mol. The lowest BCUT2D eigenvalue weighted by Crippen LogP contribution is -2.29. The fourth-order valence-corrected chi connectivity index (χ4v) is 3.72. The van der Waals surface area contributed by atoms with E-state index >= 15 is 0 Å². The number of carbonyl (C=O) groups is 2. The van der Waals surface area contributed by atoms with Crippen LogP contribution in [0.4, 0.5) is 4.39 Å². The Labute approximate surface area is 213 Å². The smallest absolute Gasteiger partial charge is 0.254 e. The Morgan fingerprint density at radius 1 is 0.946 bits per heavy atom. The lowest BCUT2D eigenvalue weighted by Gasteiger charge is -2.12. The number of hydrazone groups is 1. The maximum atomic E-state index is 13.6. The molecule has 0 fully saturated rings. The van der Waals surface area contributed by atoms with Crippen LogP contribution in [0.2, 0.25) is 0 Å². The Morgan fingerprint density at radius 3 is 2.57 bits per heavy atom. The van der Waals surface area contributed by atoms with Crippen molar-refractivity contribution in [2.45, 2.75) is 13.0 Å². The van der Waals surface area contributed by atoms with Crippen LogP contribution in [-0.2, 0) is 11.4 Å². The van der Waals surface area contributed by atoms with Crippen molar-refractivity contribution in [1.82, 2.24) is 10.7 Å². The maximum absolute atomic E-state index is 13.6. The van der Waals surface area contributed by atoms with Crippen molar-refractivity contribution in [3.63, 3.8) is 0 Å². The van der Waals surface area contributed by atoms with Gasteiger partial charge in [0, 0.05) is 13.0 Å². The standard InChI is InChI=1S/C29H26FN3O4/c1-36-27-17-20(13-14-26(27)37-19-22-9-6-8-21-7-2-3-10-23(21)22)18-32-33-28(34)15-16-31-29(35)24-11-4-5-12-25(24)30/h2-14,17-18H,15-16,19H2,1H3,(H,31,35)(H,33,34). The summed E-state index contributed by atoms with van der Waals surface area (Å²) < 4.78 is 25.1. The second kappa shape index (κ2) is 12.3. The number of rotatable bonds is 10. The predicted octanol–water partition coefficient (Wildman–Crippen LogP) is 4.84. The number of fused-ring (bicyclic) bond motifs is 1. The lowest BCUT2D eigenvalue weighted by atomic mass is 10.1. The average molecular weight is 500 g/mol. The van der Waals surface area contributed by atoms with Crippen molar-refractivity contribution >= 4 is 28.8 Å². The van der Waals surface area contributed by atoms with E-state index in [4.69, 9.17) is 9.47 Å². The van der Waals surface area contributed by atoms with E-state index in [-0.39, 0.29) is 18.5 Å². The molecule has 0 saturated carbocycles. The van der Waals surface area contributed by atoms with Crippen molar-refractivity contribution in [3.8, 4) is 11.5 Å². The van der Waals surface area contributed by atoms with Gasteiger partial charge in [0.25, 0.3) is 5.91 Å². The van der Waals surface area contributed by atoms with Crippen molar-refractivity contribution in [1.29, 1.82) is 0 Å². The minimum Gasteiger partial charge on any atom is -0.493 e. The quantitative estimate of drug-likeness (QED) is 0.242. The first-order valence-electron chi connectivity index (χ1n) is 11.7. The summed E-state index contributed by atoms with van der Waals surface area (Å²) in [5, 5.41) is 8.75. The fourth-order valence-electron chi connectivity index (χ4n) is 3.72. The Bertz CT molecular complexity index is 1430. The first-order chi connectivity index (χ1) is 18.0. The van der Waals surface area contributed by atoms with E-state index in [9.17, 15) is 14.0 Å². The molecule has 0 atom stereocenters. The molecular formula is C29H26FN3O4. The van der Waals surface area contributed by atoms with Gasteiger partial charge in [0.15, 0.2) is 11.5 Å². The summed E-state index contributed by atoms with van der Waals surface area (Å²) >= 11 is 0. The molecule has 0 bridgehead atoms. The fraction of sp³-hybridized carbons (Fsp3) is 0.138. The average Bonchev–Trinajstić information content (AvgIpc) is 2.92. The zero-order chi connectivity index (χ0) is 26.0. The third-order valence-corrected chi connectivity index (χ3v) is 5.61. The zero-order valence-corrected chi connectivity index (χ0v) is 20.2. The topological polar surface area (TPSA) is 89.0 Å². The van der Waals surface area contributed by atoms with Crippen molar-refractivity contribution in [2.75, 3.05) is 13.7 Å². The van der Waals surface area contributed by atoms with E-state index < -0.39 is 17.6 Å². The van der Waals surface area contributed by atoms with E-state index in [1.54, 1.807) is 31.4 Å². The molecule has 0 aliphatic rings. The number of nitrogens with one attached hydrogen (secondary N) is 2. The molecule has 188 valence electrons. The van der Waals surface area contributed by atoms with E-state index in [0.717, 1.165) is 16.3 Å². The second-order valence-corrected chi connectivity index (χ2v) is 8.12. The number of carbonyl (C=O) groups excluding carboxylic acids is 2. The first-order valence-corrected chi connectivity index (χ1v) is 11.7. The molecule has 0 aliphatic heterocycles. The number of hydrogen-bond acceptors (Lipinski definition) is 5. The molecule has 2 N–H and O–H groups in total. The van der Waals surface area contributed by atoms with Gasteiger partial charge >= 0.3 is 0 Å². The highest BCUT2D eigenvalue weighted by atomic mass is 19.1. The van der Waals surface area contributed by atoms with E-state index in [1.165, 1.54) is 24.4 Å². The third kappa shape index (κ3) is 6.70. The van der Waals surface area contributed by atoms with Gasteiger partial charge < -0.3 is 14.8 Å². The number of methoxy groups -OCH3 is 1. The number of amides is 2. The van der Waals surface area contributed by atoms with Crippen LogP contribution in [0.1, 0.15) is 27.9 Å². The molecule has 0 heterocycles. The molecule has 0 unspecified atom stereocenters. The molecule has 0 aromatic heterocycles. The summed E-state index contributed by atoms with van der Waals surface area (Å²) in [6, 6.07) is 25.2. The van der Waals surface area contributed by atoms with Gasteiger partial charge in [-0.3, -0.25) is 9.59 Å². The van der Waals surface area contributed by atoms with Gasteiger partial charge in [0.2, 0.25) is 5.91 Å². The van der Waals surface area contributed by atoms with Crippen LogP contribution < -0.4 is 20.2 Å². The minimum atomic E-state index is -0.616. The monoisotopic (exact) mass is 499 g/mol. The van der Waals surface area contributed by atoms with E-state index in [0.29, 0.717) is 23.7 Å². The maximum Gasteiger partial charge on any atom is 0.254 e. The van der Waals surface area contributed by atoms with Gasteiger partial charge in [0.05, 0.1) is 18.9 Å². The summed E-state index contributed by atoms with van der Waals surface area (Å²) in [4.78, 5) is 24.0. The molecule has 0 spiro atoms. The van der Waals surface area contributed by atoms with Gasteiger partial charge in [-0.05, 0) is 52.2 Å².